The van der Waals surface area contributed by atoms with Gasteiger partial charge in [-0.2, -0.15) is 0 Å². The van der Waals surface area contributed by atoms with E-state index in [-0.39, 0.29) is 24.3 Å². The zero-order chi connectivity index (χ0) is 18.4. The van der Waals surface area contributed by atoms with E-state index in [0.29, 0.717) is 19.7 Å². The van der Waals surface area contributed by atoms with E-state index in [9.17, 15) is 4.79 Å². The number of morpholine rings is 1. The Kier molecular flexibility index (Phi) is 6.57. The molecule has 1 aromatic carbocycles. The van der Waals surface area contributed by atoms with E-state index in [0.717, 1.165) is 37.6 Å². The molecule has 0 radical (unpaired) electrons. The molecule has 0 aromatic heterocycles. The van der Waals surface area contributed by atoms with Gasteiger partial charge in [-0.3, -0.25) is 4.90 Å². The summed E-state index contributed by atoms with van der Waals surface area (Å²) in [7, 11) is 0. The van der Waals surface area contributed by atoms with Crippen LogP contribution in [0.1, 0.15) is 20.3 Å². The highest BCUT2D eigenvalue weighted by Crippen LogP contribution is 2.30. The Bertz CT molecular complexity index is 588. The van der Waals surface area contributed by atoms with Crippen LogP contribution in [0.2, 0.25) is 0 Å². The topological polar surface area (TPSA) is 72.1 Å². The molecule has 26 heavy (non-hydrogen) atoms. The highest BCUT2D eigenvalue weighted by atomic mass is 16.6. The number of para-hydroxylation sites is 2. The zero-order valence-corrected chi connectivity index (χ0v) is 15.6. The molecular formula is C19H29N3O4. The summed E-state index contributed by atoms with van der Waals surface area (Å²) in [4.78, 5) is 14.3. The average molecular weight is 363 g/mol. The smallest absolute Gasteiger partial charge is 0.314 e. The molecule has 2 amide bonds. The molecule has 7 nitrogen and oxygen atoms in total. The second-order valence-electron chi connectivity index (χ2n) is 7.00. The molecule has 2 aliphatic rings. The Labute approximate surface area is 155 Å². The van der Waals surface area contributed by atoms with Gasteiger partial charge in [-0.15, -0.1) is 0 Å². The lowest BCUT2D eigenvalue weighted by molar-refractivity contribution is -0.0679. The number of nitrogens with one attached hydrogen (secondary N) is 2. The van der Waals surface area contributed by atoms with Gasteiger partial charge in [0.1, 0.15) is 6.61 Å². The minimum absolute atomic E-state index is 0.170. The molecule has 0 saturated carbocycles. The number of ether oxygens (including phenoxy) is 3. The zero-order valence-electron chi connectivity index (χ0n) is 15.6. The molecule has 3 rings (SSSR count). The maximum atomic E-state index is 11.9. The van der Waals surface area contributed by atoms with Gasteiger partial charge in [-0.25, -0.2) is 4.79 Å². The van der Waals surface area contributed by atoms with Crippen LogP contribution in [0, 0.1) is 0 Å². The van der Waals surface area contributed by atoms with Gasteiger partial charge in [0, 0.05) is 26.2 Å². The van der Waals surface area contributed by atoms with Crippen molar-refractivity contribution in [2.45, 2.75) is 38.6 Å². The van der Waals surface area contributed by atoms with E-state index in [1.165, 1.54) is 0 Å². The summed E-state index contributed by atoms with van der Waals surface area (Å²) in [5, 5.41) is 5.75. The van der Waals surface area contributed by atoms with Crippen molar-refractivity contribution in [2.75, 3.05) is 39.3 Å². The Hall–Kier alpha value is -1.99. The first-order valence-corrected chi connectivity index (χ1v) is 9.38. The minimum atomic E-state index is -0.174. The molecule has 3 unspecified atom stereocenters. The van der Waals surface area contributed by atoms with Crippen molar-refractivity contribution >= 4 is 6.03 Å². The van der Waals surface area contributed by atoms with Gasteiger partial charge in [0.25, 0.3) is 0 Å². The number of benzene rings is 1. The first kappa shape index (κ1) is 18.8. The van der Waals surface area contributed by atoms with Gasteiger partial charge in [-0.05, 0) is 32.4 Å². The molecule has 1 aromatic rings. The second kappa shape index (κ2) is 9.09. The molecule has 2 aliphatic heterocycles. The minimum Gasteiger partial charge on any atom is -0.486 e. The Morgan fingerprint density at radius 1 is 1.15 bits per heavy atom. The fraction of sp³-hybridized carbons (Fsp3) is 0.632. The number of carbonyl (C=O) groups is 1. The molecule has 0 bridgehead atoms. The molecule has 144 valence electrons. The molecule has 7 heteroatoms. The number of carbonyl (C=O) groups excluding carboxylic acids is 1. The van der Waals surface area contributed by atoms with Crippen molar-refractivity contribution in [3.8, 4) is 11.5 Å². The van der Waals surface area contributed by atoms with E-state index >= 15 is 0 Å². The maximum Gasteiger partial charge on any atom is 0.314 e. The van der Waals surface area contributed by atoms with Crippen LogP contribution in [0.5, 0.6) is 11.5 Å². The van der Waals surface area contributed by atoms with Gasteiger partial charge in [0.15, 0.2) is 17.6 Å². The van der Waals surface area contributed by atoms with E-state index in [1.54, 1.807) is 0 Å². The summed E-state index contributed by atoms with van der Waals surface area (Å²) >= 11 is 0. The van der Waals surface area contributed by atoms with E-state index in [4.69, 9.17) is 14.2 Å². The SMILES string of the molecule is CC1CN(CCCNC(=O)NCC2COc3ccccc3O2)CC(C)O1. The third-order valence-electron chi connectivity index (χ3n) is 4.49. The van der Waals surface area contributed by atoms with Crippen LogP contribution in [0.4, 0.5) is 4.79 Å². The molecule has 2 N–H and O–H groups in total. The number of nitrogens with zero attached hydrogens (tertiary/aromatic N) is 1. The molecule has 0 aliphatic carbocycles. The number of amides is 2. The molecule has 3 atom stereocenters. The normalized spacial score (nSPS) is 25.5. The lowest BCUT2D eigenvalue weighted by Crippen LogP contribution is -2.47. The van der Waals surface area contributed by atoms with Crippen molar-refractivity contribution in [3.63, 3.8) is 0 Å². The number of rotatable bonds is 6. The van der Waals surface area contributed by atoms with Crippen LogP contribution < -0.4 is 20.1 Å². The Morgan fingerprint density at radius 2 is 1.88 bits per heavy atom. The first-order chi connectivity index (χ1) is 12.6. The molecule has 1 fully saturated rings. The van der Waals surface area contributed by atoms with E-state index < -0.39 is 0 Å². The predicted octanol–water partition coefficient (Wildman–Crippen LogP) is 1.62. The van der Waals surface area contributed by atoms with Crippen molar-refractivity contribution in [3.05, 3.63) is 24.3 Å². The fourth-order valence-corrected chi connectivity index (χ4v) is 3.40. The highest BCUT2D eigenvalue weighted by Gasteiger charge is 2.22. The summed E-state index contributed by atoms with van der Waals surface area (Å²) < 4.78 is 17.2. The fourth-order valence-electron chi connectivity index (χ4n) is 3.40. The average Bonchev–Trinajstić information content (AvgIpc) is 2.62. The monoisotopic (exact) mass is 363 g/mol. The van der Waals surface area contributed by atoms with Crippen LogP contribution in [-0.4, -0.2) is 68.6 Å². The Balaban J connectivity index is 1.28. The maximum absolute atomic E-state index is 11.9. The summed E-state index contributed by atoms with van der Waals surface area (Å²) in [6.07, 6.45) is 1.30. The van der Waals surface area contributed by atoms with Gasteiger partial charge in [0.05, 0.1) is 18.8 Å². The molecule has 2 heterocycles. The van der Waals surface area contributed by atoms with Crippen molar-refractivity contribution in [1.29, 1.82) is 0 Å². The predicted molar refractivity (Wildman–Crippen MR) is 98.8 cm³/mol. The molecule has 0 spiro atoms. The third-order valence-corrected chi connectivity index (χ3v) is 4.49. The quantitative estimate of drug-likeness (QED) is 0.752. The summed E-state index contributed by atoms with van der Waals surface area (Å²) in [5.41, 5.74) is 0. The van der Waals surface area contributed by atoms with Gasteiger partial charge in [0.2, 0.25) is 0 Å². The summed E-state index contributed by atoms with van der Waals surface area (Å²) in [6.45, 7) is 8.58. The second-order valence-corrected chi connectivity index (χ2v) is 7.00. The Morgan fingerprint density at radius 3 is 2.65 bits per heavy atom. The number of hydrogen-bond donors (Lipinski definition) is 2. The third kappa shape index (κ3) is 5.51. The molecule has 1 saturated heterocycles. The van der Waals surface area contributed by atoms with Crippen LogP contribution in [0.3, 0.4) is 0 Å². The van der Waals surface area contributed by atoms with Gasteiger partial charge < -0.3 is 24.8 Å². The van der Waals surface area contributed by atoms with Gasteiger partial charge >= 0.3 is 6.03 Å². The molecular weight excluding hydrogens is 334 g/mol. The van der Waals surface area contributed by atoms with Crippen LogP contribution >= 0.6 is 0 Å². The van der Waals surface area contributed by atoms with Crippen molar-refractivity contribution in [1.82, 2.24) is 15.5 Å². The van der Waals surface area contributed by atoms with E-state index in [2.05, 4.69) is 29.4 Å². The number of fused-ring (bicyclic) bond motifs is 1. The summed E-state index contributed by atoms with van der Waals surface area (Å²) in [6, 6.07) is 7.39. The van der Waals surface area contributed by atoms with Crippen LogP contribution in [0.25, 0.3) is 0 Å². The highest BCUT2D eigenvalue weighted by molar-refractivity contribution is 5.73. The van der Waals surface area contributed by atoms with Gasteiger partial charge in [-0.1, -0.05) is 12.1 Å². The largest absolute Gasteiger partial charge is 0.486 e. The van der Waals surface area contributed by atoms with Crippen molar-refractivity contribution in [2.24, 2.45) is 0 Å². The number of hydrogen-bond acceptors (Lipinski definition) is 5. The first-order valence-electron chi connectivity index (χ1n) is 9.38. The van der Waals surface area contributed by atoms with Crippen LogP contribution in [0.15, 0.2) is 24.3 Å². The van der Waals surface area contributed by atoms with Crippen LogP contribution in [-0.2, 0) is 4.74 Å². The van der Waals surface area contributed by atoms with E-state index in [1.807, 2.05) is 24.3 Å². The standard InChI is InChI=1S/C19H29N3O4/c1-14-11-22(12-15(2)25-14)9-5-8-20-19(23)21-10-16-13-24-17-6-3-4-7-18(17)26-16/h3-4,6-7,14-16H,5,8-13H2,1-2H3,(H2,20,21,23). The summed E-state index contributed by atoms with van der Waals surface area (Å²) in [5.74, 6) is 1.47. The number of urea groups is 1. The lowest BCUT2D eigenvalue weighted by atomic mass is 10.2. The lowest BCUT2D eigenvalue weighted by Gasteiger charge is -2.35. The van der Waals surface area contributed by atoms with Crippen molar-refractivity contribution < 1.29 is 19.0 Å².